The van der Waals surface area contributed by atoms with Crippen molar-refractivity contribution in [3.63, 3.8) is 0 Å². The van der Waals surface area contributed by atoms with Gasteiger partial charge in [-0.25, -0.2) is 13.6 Å². The van der Waals surface area contributed by atoms with Gasteiger partial charge in [-0.2, -0.15) is 0 Å². The van der Waals surface area contributed by atoms with E-state index in [-0.39, 0.29) is 6.04 Å². The van der Waals surface area contributed by atoms with Gasteiger partial charge in [0.15, 0.2) is 0 Å². The van der Waals surface area contributed by atoms with Crippen LogP contribution in [0.3, 0.4) is 0 Å². The fourth-order valence-corrected chi connectivity index (χ4v) is 1.13. The van der Waals surface area contributed by atoms with Gasteiger partial charge in [0.1, 0.15) is 0 Å². The summed E-state index contributed by atoms with van der Waals surface area (Å²) in [7, 11) is 1.38. The molecular formula is C8H14F2N2O. The highest BCUT2D eigenvalue weighted by molar-refractivity contribution is 5.74. The molecule has 1 saturated carbocycles. The van der Waals surface area contributed by atoms with Crippen LogP contribution in [0.15, 0.2) is 0 Å². The molecule has 76 valence electrons. The Balaban J connectivity index is 2.20. The van der Waals surface area contributed by atoms with Gasteiger partial charge in [-0.05, 0) is 19.3 Å². The maximum atomic E-state index is 11.9. The first-order chi connectivity index (χ1) is 6.09. The number of amides is 2. The largest absolute Gasteiger partial charge is 0.335 e. The molecule has 5 heteroatoms. The molecule has 0 spiro atoms. The number of carbonyl (C=O) groups is 1. The summed E-state index contributed by atoms with van der Waals surface area (Å²) in [5.74, 6) is 0. The van der Waals surface area contributed by atoms with Gasteiger partial charge in [0.2, 0.25) is 0 Å². The Labute approximate surface area is 76.1 Å². The van der Waals surface area contributed by atoms with Crippen molar-refractivity contribution in [3.8, 4) is 0 Å². The Morgan fingerprint density at radius 2 is 2.23 bits per heavy atom. The lowest BCUT2D eigenvalue weighted by molar-refractivity contribution is 0.106. The van der Waals surface area contributed by atoms with E-state index in [4.69, 9.17) is 0 Å². The smallest absolute Gasteiger partial charge is 0.317 e. The SMILES string of the molecule is CN(CC(F)F)C(=O)NC1CCC1. The number of alkyl halides is 2. The highest BCUT2D eigenvalue weighted by Gasteiger charge is 2.22. The molecule has 0 aromatic rings. The Morgan fingerprint density at radius 1 is 1.62 bits per heavy atom. The van der Waals surface area contributed by atoms with Crippen LogP contribution in [-0.4, -0.2) is 37.0 Å². The third kappa shape index (κ3) is 3.16. The first kappa shape index (κ1) is 10.2. The predicted molar refractivity (Wildman–Crippen MR) is 44.8 cm³/mol. The van der Waals surface area contributed by atoms with Crippen LogP contribution >= 0.6 is 0 Å². The molecule has 3 nitrogen and oxygen atoms in total. The molecule has 1 aliphatic rings. The van der Waals surface area contributed by atoms with E-state index in [1.807, 2.05) is 0 Å². The minimum absolute atomic E-state index is 0.202. The molecule has 1 fully saturated rings. The van der Waals surface area contributed by atoms with Crippen molar-refractivity contribution in [1.29, 1.82) is 0 Å². The van der Waals surface area contributed by atoms with E-state index in [0.717, 1.165) is 24.2 Å². The second-order valence-electron chi connectivity index (χ2n) is 3.35. The number of halogens is 2. The number of nitrogens with one attached hydrogen (secondary N) is 1. The molecule has 0 saturated heterocycles. The lowest BCUT2D eigenvalue weighted by Crippen LogP contribution is -2.47. The highest BCUT2D eigenvalue weighted by atomic mass is 19.3. The molecule has 13 heavy (non-hydrogen) atoms. The Kier molecular flexibility index (Phi) is 3.45. The summed E-state index contributed by atoms with van der Waals surface area (Å²) in [6, 6.07) is -0.197. The summed E-state index contributed by atoms with van der Waals surface area (Å²) in [6.07, 6.45) is 0.587. The molecule has 0 heterocycles. The molecule has 0 radical (unpaired) electrons. The number of hydrogen-bond acceptors (Lipinski definition) is 1. The Hall–Kier alpha value is -0.870. The van der Waals surface area contributed by atoms with E-state index in [1.165, 1.54) is 7.05 Å². The molecule has 0 bridgehead atoms. The van der Waals surface area contributed by atoms with Crippen LogP contribution in [0.2, 0.25) is 0 Å². The predicted octanol–water partition coefficient (Wildman–Crippen LogP) is 1.45. The quantitative estimate of drug-likeness (QED) is 0.721. The zero-order valence-electron chi connectivity index (χ0n) is 7.59. The molecule has 1 N–H and O–H groups in total. The van der Waals surface area contributed by atoms with Gasteiger partial charge in [-0.1, -0.05) is 0 Å². The summed E-state index contributed by atoms with van der Waals surface area (Å²) < 4.78 is 23.7. The lowest BCUT2D eigenvalue weighted by atomic mass is 9.93. The van der Waals surface area contributed by atoms with E-state index in [0.29, 0.717) is 0 Å². The lowest BCUT2D eigenvalue weighted by Gasteiger charge is -2.28. The molecule has 1 rings (SSSR count). The first-order valence-corrected chi connectivity index (χ1v) is 4.39. The van der Waals surface area contributed by atoms with E-state index in [2.05, 4.69) is 5.32 Å². The number of urea groups is 1. The zero-order valence-corrected chi connectivity index (χ0v) is 7.59. The van der Waals surface area contributed by atoms with Crippen molar-refractivity contribution in [2.24, 2.45) is 0 Å². The van der Waals surface area contributed by atoms with E-state index in [9.17, 15) is 13.6 Å². The van der Waals surface area contributed by atoms with Gasteiger partial charge in [-0.15, -0.1) is 0 Å². The monoisotopic (exact) mass is 192 g/mol. The molecular weight excluding hydrogens is 178 g/mol. The average Bonchev–Trinajstić information content (AvgIpc) is 1.94. The van der Waals surface area contributed by atoms with Crippen LogP contribution in [0.25, 0.3) is 0 Å². The van der Waals surface area contributed by atoms with E-state index >= 15 is 0 Å². The van der Waals surface area contributed by atoms with Crippen LogP contribution in [0.5, 0.6) is 0 Å². The Morgan fingerprint density at radius 3 is 2.62 bits per heavy atom. The van der Waals surface area contributed by atoms with Crippen molar-refractivity contribution in [2.75, 3.05) is 13.6 Å². The maximum Gasteiger partial charge on any atom is 0.317 e. The fraction of sp³-hybridized carbons (Fsp3) is 0.875. The molecule has 0 aromatic heterocycles. The summed E-state index contributed by atoms with van der Waals surface area (Å²) >= 11 is 0. The number of carbonyl (C=O) groups excluding carboxylic acids is 1. The summed E-state index contributed by atoms with van der Waals surface area (Å²) in [5.41, 5.74) is 0. The average molecular weight is 192 g/mol. The normalized spacial score (nSPS) is 16.9. The molecule has 1 aliphatic carbocycles. The minimum atomic E-state index is -2.46. The van der Waals surface area contributed by atoms with Gasteiger partial charge in [0.05, 0.1) is 6.54 Å². The molecule has 0 unspecified atom stereocenters. The van der Waals surface area contributed by atoms with Crippen molar-refractivity contribution in [1.82, 2.24) is 10.2 Å². The third-order valence-corrected chi connectivity index (χ3v) is 2.19. The fourth-order valence-electron chi connectivity index (χ4n) is 1.13. The first-order valence-electron chi connectivity index (χ1n) is 4.39. The standard InChI is InChI=1S/C8H14F2N2O/c1-12(5-7(9)10)8(13)11-6-3-2-4-6/h6-7H,2-5H2,1H3,(H,11,13). The summed E-state index contributed by atoms with van der Waals surface area (Å²) in [4.78, 5) is 12.2. The van der Waals surface area contributed by atoms with Gasteiger partial charge in [0.25, 0.3) is 6.43 Å². The van der Waals surface area contributed by atoms with Gasteiger partial charge >= 0.3 is 6.03 Å². The number of hydrogen-bond donors (Lipinski definition) is 1. The number of rotatable bonds is 3. The van der Waals surface area contributed by atoms with Gasteiger partial charge < -0.3 is 10.2 Å². The van der Waals surface area contributed by atoms with E-state index < -0.39 is 19.0 Å². The van der Waals surface area contributed by atoms with Crippen molar-refractivity contribution in [2.45, 2.75) is 31.7 Å². The van der Waals surface area contributed by atoms with Crippen LogP contribution in [0.1, 0.15) is 19.3 Å². The van der Waals surface area contributed by atoms with Crippen LogP contribution in [0, 0.1) is 0 Å². The Bertz CT molecular complexity index is 183. The van der Waals surface area contributed by atoms with Gasteiger partial charge in [0, 0.05) is 13.1 Å². The molecule has 2 amide bonds. The van der Waals surface area contributed by atoms with Crippen LogP contribution in [0.4, 0.5) is 13.6 Å². The van der Waals surface area contributed by atoms with Crippen LogP contribution < -0.4 is 5.32 Å². The third-order valence-electron chi connectivity index (χ3n) is 2.19. The van der Waals surface area contributed by atoms with Crippen molar-refractivity contribution < 1.29 is 13.6 Å². The number of nitrogens with zero attached hydrogens (tertiary/aromatic N) is 1. The van der Waals surface area contributed by atoms with Crippen molar-refractivity contribution in [3.05, 3.63) is 0 Å². The van der Waals surface area contributed by atoms with Crippen LogP contribution in [-0.2, 0) is 0 Å². The second kappa shape index (κ2) is 4.39. The van der Waals surface area contributed by atoms with Gasteiger partial charge in [-0.3, -0.25) is 0 Å². The zero-order chi connectivity index (χ0) is 9.84. The molecule has 0 atom stereocenters. The maximum absolute atomic E-state index is 11.9. The van der Waals surface area contributed by atoms with Crippen molar-refractivity contribution >= 4 is 6.03 Å². The summed E-state index contributed by atoms with van der Waals surface area (Å²) in [6.45, 7) is -0.501. The summed E-state index contributed by atoms with van der Waals surface area (Å²) in [5, 5.41) is 2.68. The molecule has 0 aliphatic heterocycles. The van der Waals surface area contributed by atoms with E-state index in [1.54, 1.807) is 0 Å². The second-order valence-corrected chi connectivity index (χ2v) is 3.35. The molecule has 0 aromatic carbocycles. The topological polar surface area (TPSA) is 32.3 Å². The minimum Gasteiger partial charge on any atom is -0.335 e. The highest BCUT2D eigenvalue weighted by Crippen LogP contribution is 2.18.